The van der Waals surface area contributed by atoms with Crippen LogP contribution in [-0.2, 0) is 29.9 Å². The smallest absolute Gasteiger partial charge is 0.766 e. The maximum Gasteiger partial charge on any atom is 1.00 e. The van der Waals surface area contributed by atoms with Gasteiger partial charge in [-0.3, -0.25) is 14.2 Å². The molecule has 0 heterocycles. The molecular weight excluding hydrogens is 507 g/mol. The molecule has 2 amide bonds. The maximum atomic E-state index is 12.9. The number of phenols is 1. The van der Waals surface area contributed by atoms with Crippen molar-refractivity contribution in [2.75, 3.05) is 13.2 Å². The summed E-state index contributed by atoms with van der Waals surface area (Å²) >= 11 is 0. The van der Waals surface area contributed by atoms with Crippen LogP contribution in [0.15, 0.2) is 24.3 Å². The number of rotatable bonds is 13. The van der Waals surface area contributed by atoms with Crippen molar-refractivity contribution >= 4 is 25.5 Å². The van der Waals surface area contributed by atoms with E-state index in [2.05, 4.69) is 20.2 Å². The molecule has 4 N–H and O–H groups in total. The number of amides is 2. The number of aliphatic carboxylic acids is 1. The van der Waals surface area contributed by atoms with Crippen LogP contribution in [0, 0.1) is 5.92 Å². The average molecular weight is 536 g/mol. The Morgan fingerprint density at radius 3 is 2.18 bits per heavy atom. The van der Waals surface area contributed by atoms with Crippen LogP contribution in [0.5, 0.6) is 5.75 Å². The third-order valence-corrected chi connectivity index (χ3v) is 5.70. The summed E-state index contributed by atoms with van der Waals surface area (Å²) in [6.07, 6.45) is 0.426. The van der Waals surface area contributed by atoms with E-state index in [1.165, 1.54) is 31.2 Å². The largest absolute Gasteiger partial charge is 1.00 e. The van der Waals surface area contributed by atoms with E-state index < -0.39 is 50.1 Å². The van der Waals surface area contributed by atoms with Gasteiger partial charge < -0.3 is 35.1 Å². The predicted octanol–water partition coefficient (Wildman–Crippen LogP) is -7.20. The molecule has 0 aliphatic rings. The number of carbonyl (C=O) groups is 3. The van der Waals surface area contributed by atoms with Gasteiger partial charge in [0.2, 0.25) is 19.6 Å². The number of benzene rings is 1. The van der Waals surface area contributed by atoms with Crippen molar-refractivity contribution in [1.82, 2.24) is 15.7 Å². The molecule has 0 aliphatic heterocycles. The second-order valence-electron chi connectivity index (χ2n) is 6.93. The van der Waals surface area contributed by atoms with Crippen LogP contribution in [0.2, 0.25) is 0 Å². The summed E-state index contributed by atoms with van der Waals surface area (Å²) in [7, 11) is -4.51. The molecule has 1 aromatic rings. The van der Waals surface area contributed by atoms with Gasteiger partial charge in [0.15, 0.2) is 0 Å². The van der Waals surface area contributed by atoms with Gasteiger partial charge >= 0.3 is 103 Å². The minimum absolute atomic E-state index is 0. The summed E-state index contributed by atoms with van der Waals surface area (Å²) in [6, 6.07) is 3.44. The van der Waals surface area contributed by atoms with E-state index in [1.54, 1.807) is 13.8 Å². The maximum absolute atomic E-state index is 12.9. The van der Waals surface area contributed by atoms with Crippen molar-refractivity contribution < 1.29 is 141 Å². The Bertz CT molecular complexity index is 813. The standard InChI is InChI=1S/C19H30N3O8P.2K/c1-4-12(3)17(22-31(28,29)30-5-2)19(27)21-15(18(26)20-11-16(24)25)10-13-6-8-14(23)9-7-13;;/h6-9,12,15,17,23H,4-5,10-11H2,1-3H3,(H,20,26)(H,21,27)(H,24,25)(H2,22,28,29);;/q;2*+1/p-2/t12-,15-,17-;;/m0../s1. The van der Waals surface area contributed by atoms with Gasteiger partial charge in [-0.1, -0.05) is 32.4 Å². The van der Waals surface area contributed by atoms with E-state index in [-0.39, 0.29) is 122 Å². The second-order valence-corrected chi connectivity index (χ2v) is 8.44. The topological polar surface area (TPSA) is 180 Å². The number of hydrogen-bond donors (Lipinski definition) is 4. The third-order valence-electron chi connectivity index (χ3n) is 4.51. The minimum Gasteiger partial charge on any atom is -0.766 e. The summed E-state index contributed by atoms with van der Waals surface area (Å²) in [5, 5.41) is 26.9. The summed E-state index contributed by atoms with van der Waals surface area (Å²) < 4.78 is 16.7. The first-order valence-corrected chi connectivity index (χ1v) is 11.3. The monoisotopic (exact) mass is 535 g/mol. The molecule has 1 unspecified atom stereocenters. The van der Waals surface area contributed by atoms with Gasteiger partial charge in [0.1, 0.15) is 11.8 Å². The normalized spacial score (nSPS) is 14.9. The zero-order valence-electron chi connectivity index (χ0n) is 19.6. The first-order chi connectivity index (χ1) is 14.5. The Hall–Kier alpha value is 0.813. The first kappa shape index (κ1) is 36.0. The van der Waals surface area contributed by atoms with Crippen LogP contribution in [0.1, 0.15) is 32.8 Å². The first-order valence-electron chi connectivity index (χ1n) is 9.78. The fraction of sp³-hybridized carbons (Fsp3) is 0.526. The number of aromatic hydroxyl groups is 1. The Balaban J connectivity index is 0. The number of hydrogen-bond acceptors (Lipinski definition) is 8. The van der Waals surface area contributed by atoms with Gasteiger partial charge in [-0.15, -0.1) is 0 Å². The van der Waals surface area contributed by atoms with Crippen LogP contribution in [-0.4, -0.2) is 48.1 Å². The van der Waals surface area contributed by atoms with Crippen LogP contribution < -0.4 is 128 Å². The number of carboxylic acids is 1. The van der Waals surface area contributed by atoms with Crippen molar-refractivity contribution in [2.24, 2.45) is 5.92 Å². The van der Waals surface area contributed by atoms with Gasteiger partial charge in [-0.25, -0.2) is 5.09 Å². The van der Waals surface area contributed by atoms with E-state index in [9.17, 15) is 34.1 Å². The zero-order valence-corrected chi connectivity index (χ0v) is 26.8. The Kier molecular flexibility index (Phi) is 19.7. The fourth-order valence-electron chi connectivity index (χ4n) is 2.68. The SMILES string of the molecule is CCOP(=O)([O-])N[C@H](C(=O)N[C@@H](Cc1ccc(O)cc1)C(=O)NCC(=O)[O-])[C@@H](C)CC.[K+].[K+]. The number of phenolic OH excluding ortho intramolecular Hbond substituents is 1. The molecule has 1 aromatic carbocycles. The van der Waals surface area contributed by atoms with Gasteiger partial charge in [0, 0.05) is 6.42 Å². The molecule has 0 radical (unpaired) electrons. The van der Waals surface area contributed by atoms with Crippen LogP contribution in [0.3, 0.4) is 0 Å². The summed E-state index contributed by atoms with van der Waals surface area (Å²) in [5.74, 6) is -3.48. The number of nitrogens with one attached hydrogen (secondary N) is 3. The predicted molar refractivity (Wildman–Crippen MR) is 107 cm³/mol. The van der Waals surface area contributed by atoms with Crippen LogP contribution in [0.4, 0.5) is 0 Å². The minimum atomic E-state index is -4.51. The van der Waals surface area contributed by atoms with Crippen molar-refractivity contribution in [3.05, 3.63) is 29.8 Å². The van der Waals surface area contributed by atoms with E-state index in [0.717, 1.165) is 0 Å². The number of carboxylic acid groups (broad SMARTS) is 1. The van der Waals surface area contributed by atoms with E-state index in [4.69, 9.17) is 0 Å². The molecule has 0 saturated carbocycles. The van der Waals surface area contributed by atoms with Gasteiger partial charge in [-0.05, 0) is 30.5 Å². The Labute approximate surface area is 278 Å². The van der Waals surface area contributed by atoms with E-state index in [0.29, 0.717) is 12.0 Å². The van der Waals surface area contributed by atoms with Gasteiger partial charge in [-0.2, -0.15) is 0 Å². The molecule has 0 aromatic heterocycles. The Morgan fingerprint density at radius 2 is 1.70 bits per heavy atom. The van der Waals surface area contributed by atoms with Crippen LogP contribution in [0.25, 0.3) is 0 Å². The average Bonchev–Trinajstić information content (AvgIpc) is 2.70. The molecular formula is C19H28K2N3O8P. The van der Waals surface area contributed by atoms with Crippen molar-refractivity contribution in [3.63, 3.8) is 0 Å². The summed E-state index contributed by atoms with van der Waals surface area (Å²) in [6.45, 7) is 4.05. The fourth-order valence-corrected chi connectivity index (χ4v) is 3.81. The molecule has 0 saturated heterocycles. The van der Waals surface area contributed by atoms with E-state index >= 15 is 0 Å². The van der Waals surface area contributed by atoms with Crippen molar-refractivity contribution in [2.45, 2.75) is 45.7 Å². The molecule has 0 fully saturated rings. The van der Waals surface area contributed by atoms with Crippen molar-refractivity contribution in [3.8, 4) is 5.75 Å². The van der Waals surface area contributed by atoms with Crippen LogP contribution >= 0.6 is 7.75 Å². The molecule has 0 spiro atoms. The summed E-state index contributed by atoms with van der Waals surface area (Å²) in [4.78, 5) is 48.1. The molecule has 33 heavy (non-hydrogen) atoms. The van der Waals surface area contributed by atoms with Gasteiger partial charge in [0.05, 0.1) is 25.2 Å². The molecule has 4 atom stereocenters. The van der Waals surface area contributed by atoms with Crippen molar-refractivity contribution in [1.29, 1.82) is 0 Å². The van der Waals surface area contributed by atoms with Gasteiger partial charge in [0.25, 0.3) is 0 Å². The quantitative estimate of drug-likeness (QED) is 0.141. The molecule has 1 rings (SSSR count). The second kappa shape index (κ2) is 18.1. The Morgan fingerprint density at radius 1 is 1.12 bits per heavy atom. The molecule has 14 heteroatoms. The van der Waals surface area contributed by atoms with E-state index in [1.807, 2.05) is 0 Å². The zero-order chi connectivity index (χ0) is 23.6. The molecule has 11 nitrogen and oxygen atoms in total. The third kappa shape index (κ3) is 14.2. The molecule has 0 aliphatic carbocycles. The summed E-state index contributed by atoms with van der Waals surface area (Å²) in [5.41, 5.74) is 0.573. The molecule has 0 bridgehead atoms. The number of carbonyl (C=O) groups excluding carboxylic acids is 3. The molecule has 174 valence electrons.